The molecule has 0 aliphatic carbocycles. The van der Waals surface area contributed by atoms with E-state index < -0.39 is 0 Å². The summed E-state index contributed by atoms with van der Waals surface area (Å²) in [6, 6.07) is 1.64. The number of aryl methyl sites for hydroxylation is 1. The van der Waals surface area contributed by atoms with Gasteiger partial charge in [0, 0.05) is 12.6 Å². The Balaban J connectivity index is 2.42. The third-order valence-electron chi connectivity index (χ3n) is 2.34. The van der Waals surface area contributed by atoms with Gasteiger partial charge < -0.3 is 9.64 Å². The van der Waals surface area contributed by atoms with Gasteiger partial charge in [-0.1, -0.05) is 25.4 Å². The molecule has 16 heavy (non-hydrogen) atoms. The van der Waals surface area contributed by atoms with E-state index in [0.29, 0.717) is 23.5 Å². The van der Waals surface area contributed by atoms with Crippen LogP contribution in [0.2, 0.25) is 5.15 Å². The van der Waals surface area contributed by atoms with Gasteiger partial charge in [-0.05, 0) is 20.0 Å². The molecule has 0 atom stereocenters. The molecule has 0 unspecified atom stereocenters. The molecule has 0 aliphatic heterocycles. The van der Waals surface area contributed by atoms with Crippen LogP contribution in [0.15, 0.2) is 6.07 Å². The van der Waals surface area contributed by atoms with Crippen LogP contribution in [0.5, 0.6) is 5.88 Å². The molecule has 0 saturated heterocycles. The van der Waals surface area contributed by atoms with Crippen molar-refractivity contribution >= 4 is 11.6 Å². The second-order valence-corrected chi connectivity index (χ2v) is 3.84. The van der Waals surface area contributed by atoms with Crippen molar-refractivity contribution < 1.29 is 4.74 Å². The first kappa shape index (κ1) is 13.2. The highest BCUT2D eigenvalue weighted by Gasteiger charge is 2.02. The fourth-order valence-corrected chi connectivity index (χ4v) is 1.61. The largest absolute Gasteiger partial charge is 0.476 e. The van der Waals surface area contributed by atoms with Crippen molar-refractivity contribution in [3.05, 3.63) is 17.0 Å². The third kappa shape index (κ3) is 4.33. The van der Waals surface area contributed by atoms with Crippen molar-refractivity contribution in [3.63, 3.8) is 0 Å². The number of nitrogens with zero attached hydrogens (tertiary/aromatic N) is 3. The normalized spacial score (nSPS) is 10.8. The van der Waals surface area contributed by atoms with Crippen molar-refractivity contribution in [1.29, 1.82) is 0 Å². The van der Waals surface area contributed by atoms with Gasteiger partial charge in [-0.2, -0.15) is 4.98 Å². The highest BCUT2D eigenvalue weighted by molar-refractivity contribution is 6.29. The first-order chi connectivity index (χ1) is 7.65. The molecular formula is C11H18ClN3O. The van der Waals surface area contributed by atoms with Crippen LogP contribution in [-0.2, 0) is 0 Å². The Labute approximate surface area is 102 Å². The lowest BCUT2D eigenvalue weighted by Gasteiger charge is -2.17. The smallest absolute Gasteiger partial charge is 0.218 e. The molecule has 0 saturated carbocycles. The Bertz CT molecular complexity index is 309. The van der Waals surface area contributed by atoms with Gasteiger partial charge >= 0.3 is 0 Å². The first-order valence-electron chi connectivity index (χ1n) is 5.52. The lowest BCUT2D eigenvalue weighted by molar-refractivity contribution is 0.217. The fourth-order valence-electron chi connectivity index (χ4n) is 1.40. The van der Waals surface area contributed by atoms with Gasteiger partial charge in [-0.15, -0.1) is 0 Å². The molecule has 1 heterocycles. The van der Waals surface area contributed by atoms with Crippen LogP contribution in [-0.4, -0.2) is 41.1 Å². The van der Waals surface area contributed by atoms with E-state index in [4.69, 9.17) is 16.3 Å². The summed E-state index contributed by atoms with van der Waals surface area (Å²) in [7, 11) is 0. The van der Waals surface area contributed by atoms with Crippen LogP contribution in [0.4, 0.5) is 0 Å². The molecule has 0 aliphatic rings. The Hall–Kier alpha value is -0.870. The molecule has 1 aromatic rings. The molecule has 5 heteroatoms. The number of likely N-dealkylation sites (N-methyl/N-ethyl adjacent to an activating group) is 1. The van der Waals surface area contributed by atoms with Crippen LogP contribution < -0.4 is 4.74 Å². The van der Waals surface area contributed by atoms with E-state index in [1.165, 1.54) is 0 Å². The minimum absolute atomic E-state index is 0.422. The predicted octanol–water partition coefficient (Wildman–Crippen LogP) is 2.16. The van der Waals surface area contributed by atoms with Crippen molar-refractivity contribution in [3.8, 4) is 5.88 Å². The number of hydrogen-bond acceptors (Lipinski definition) is 4. The Morgan fingerprint density at radius 3 is 2.56 bits per heavy atom. The van der Waals surface area contributed by atoms with Crippen LogP contribution in [0.25, 0.3) is 0 Å². The SMILES string of the molecule is CCN(CC)CCOc1cc(Cl)nc(C)n1. The Morgan fingerprint density at radius 2 is 2.00 bits per heavy atom. The van der Waals surface area contributed by atoms with E-state index in [0.717, 1.165) is 19.6 Å². The van der Waals surface area contributed by atoms with E-state index >= 15 is 0 Å². The zero-order chi connectivity index (χ0) is 12.0. The number of aromatic nitrogens is 2. The lowest BCUT2D eigenvalue weighted by atomic mass is 10.5. The monoisotopic (exact) mass is 243 g/mol. The van der Waals surface area contributed by atoms with Crippen LogP contribution in [0.3, 0.4) is 0 Å². The Kier molecular flexibility index (Phi) is 5.49. The second-order valence-electron chi connectivity index (χ2n) is 3.45. The maximum Gasteiger partial charge on any atom is 0.218 e. The van der Waals surface area contributed by atoms with Crippen LogP contribution >= 0.6 is 11.6 Å². The number of hydrogen-bond donors (Lipinski definition) is 0. The van der Waals surface area contributed by atoms with Crippen molar-refractivity contribution in [2.45, 2.75) is 20.8 Å². The number of ether oxygens (including phenoxy) is 1. The molecule has 0 bridgehead atoms. The lowest BCUT2D eigenvalue weighted by Crippen LogP contribution is -2.28. The average molecular weight is 244 g/mol. The molecule has 0 amide bonds. The summed E-state index contributed by atoms with van der Waals surface area (Å²) in [5, 5.41) is 0.422. The standard InChI is InChI=1S/C11H18ClN3O/c1-4-15(5-2)6-7-16-11-8-10(12)13-9(3)14-11/h8H,4-7H2,1-3H3. The molecule has 0 fully saturated rings. The maximum atomic E-state index is 5.80. The summed E-state index contributed by atoms with van der Waals surface area (Å²) >= 11 is 5.80. The van der Waals surface area contributed by atoms with Crippen LogP contribution in [0.1, 0.15) is 19.7 Å². The van der Waals surface area contributed by atoms with Gasteiger partial charge in [0.15, 0.2) is 0 Å². The molecule has 90 valence electrons. The number of rotatable bonds is 6. The molecule has 0 N–H and O–H groups in total. The van der Waals surface area contributed by atoms with E-state index in [1.54, 1.807) is 13.0 Å². The van der Waals surface area contributed by atoms with Crippen molar-refractivity contribution in [1.82, 2.24) is 14.9 Å². The first-order valence-corrected chi connectivity index (χ1v) is 5.89. The molecule has 1 rings (SSSR count). The summed E-state index contributed by atoms with van der Waals surface area (Å²) in [5.41, 5.74) is 0. The average Bonchev–Trinajstić information content (AvgIpc) is 2.23. The van der Waals surface area contributed by atoms with Gasteiger partial charge in [0.2, 0.25) is 5.88 Å². The Morgan fingerprint density at radius 1 is 1.31 bits per heavy atom. The van der Waals surface area contributed by atoms with Gasteiger partial charge in [0.1, 0.15) is 17.6 Å². The summed E-state index contributed by atoms with van der Waals surface area (Å²) < 4.78 is 5.52. The molecular weight excluding hydrogens is 226 g/mol. The highest BCUT2D eigenvalue weighted by atomic mass is 35.5. The summed E-state index contributed by atoms with van der Waals surface area (Å²) in [4.78, 5) is 10.4. The summed E-state index contributed by atoms with van der Waals surface area (Å²) in [6.45, 7) is 9.64. The molecule has 0 aromatic carbocycles. The van der Waals surface area contributed by atoms with Crippen molar-refractivity contribution in [2.24, 2.45) is 0 Å². The third-order valence-corrected chi connectivity index (χ3v) is 2.53. The van der Waals surface area contributed by atoms with E-state index in [1.807, 2.05) is 0 Å². The number of halogens is 1. The minimum Gasteiger partial charge on any atom is -0.476 e. The van der Waals surface area contributed by atoms with Crippen LogP contribution in [0, 0.1) is 6.92 Å². The molecule has 0 radical (unpaired) electrons. The van der Waals surface area contributed by atoms with E-state index in [9.17, 15) is 0 Å². The molecule has 0 spiro atoms. The van der Waals surface area contributed by atoms with Gasteiger partial charge in [-0.3, -0.25) is 0 Å². The quantitative estimate of drug-likeness (QED) is 0.718. The zero-order valence-electron chi connectivity index (χ0n) is 10.0. The molecule has 4 nitrogen and oxygen atoms in total. The highest BCUT2D eigenvalue weighted by Crippen LogP contribution is 2.12. The fraction of sp³-hybridized carbons (Fsp3) is 0.636. The second kappa shape index (κ2) is 6.66. The van der Waals surface area contributed by atoms with E-state index in [-0.39, 0.29) is 0 Å². The van der Waals surface area contributed by atoms with Gasteiger partial charge in [0.05, 0.1) is 0 Å². The van der Waals surface area contributed by atoms with E-state index in [2.05, 4.69) is 28.7 Å². The summed E-state index contributed by atoms with van der Waals surface area (Å²) in [5.74, 6) is 1.18. The predicted molar refractivity (Wildman–Crippen MR) is 65.1 cm³/mol. The van der Waals surface area contributed by atoms with Gasteiger partial charge in [0.25, 0.3) is 0 Å². The topological polar surface area (TPSA) is 38.2 Å². The minimum atomic E-state index is 0.422. The zero-order valence-corrected chi connectivity index (χ0v) is 10.8. The van der Waals surface area contributed by atoms with Gasteiger partial charge in [-0.25, -0.2) is 4.98 Å². The molecule has 1 aromatic heterocycles. The summed E-state index contributed by atoms with van der Waals surface area (Å²) in [6.07, 6.45) is 0. The maximum absolute atomic E-state index is 5.80. The van der Waals surface area contributed by atoms with Crippen molar-refractivity contribution in [2.75, 3.05) is 26.2 Å².